The van der Waals surface area contributed by atoms with Gasteiger partial charge in [-0.05, 0) is 60.6 Å². The first-order chi connectivity index (χ1) is 9.62. The van der Waals surface area contributed by atoms with Crippen LogP contribution in [0.4, 0.5) is 4.39 Å². The minimum absolute atomic E-state index is 0.228. The molecule has 20 heavy (non-hydrogen) atoms. The van der Waals surface area contributed by atoms with E-state index in [0.717, 1.165) is 24.0 Å². The zero-order valence-electron chi connectivity index (χ0n) is 11.5. The van der Waals surface area contributed by atoms with Gasteiger partial charge in [-0.3, -0.25) is 0 Å². The van der Waals surface area contributed by atoms with Gasteiger partial charge >= 0.3 is 0 Å². The first-order valence-electron chi connectivity index (χ1n) is 6.85. The summed E-state index contributed by atoms with van der Waals surface area (Å²) >= 11 is 0. The van der Waals surface area contributed by atoms with E-state index in [-0.39, 0.29) is 5.82 Å². The Kier molecular flexibility index (Phi) is 3.06. The molecule has 0 N–H and O–H groups in total. The number of fused-ring (bicyclic) bond motifs is 1. The van der Waals surface area contributed by atoms with E-state index in [1.54, 1.807) is 12.1 Å². The highest BCUT2D eigenvalue weighted by atomic mass is 19.1. The molecule has 0 amide bonds. The highest BCUT2D eigenvalue weighted by molar-refractivity contribution is 5.39. The van der Waals surface area contributed by atoms with Crippen molar-refractivity contribution in [2.24, 2.45) is 5.41 Å². The van der Waals surface area contributed by atoms with Crippen molar-refractivity contribution in [3.63, 3.8) is 0 Å². The summed E-state index contributed by atoms with van der Waals surface area (Å²) in [5, 5.41) is 9.67. The summed E-state index contributed by atoms with van der Waals surface area (Å²) in [5.74, 6) is -0.228. The van der Waals surface area contributed by atoms with Crippen LogP contribution < -0.4 is 0 Å². The van der Waals surface area contributed by atoms with E-state index in [4.69, 9.17) is 0 Å². The predicted molar refractivity (Wildman–Crippen MR) is 76.7 cm³/mol. The minimum Gasteiger partial charge on any atom is -0.207 e. The molecule has 100 valence electrons. The fraction of sp³-hybridized carbons (Fsp3) is 0.278. The van der Waals surface area contributed by atoms with Crippen LogP contribution in [0.15, 0.2) is 42.5 Å². The van der Waals surface area contributed by atoms with Crippen molar-refractivity contribution in [2.45, 2.75) is 26.2 Å². The fourth-order valence-electron chi connectivity index (χ4n) is 3.13. The molecule has 0 saturated heterocycles. The third kappa shape index (κ3) is 2.20. The highest BCUT2D eigenvalue weighted by Gasteiger charge is 2.37. The molecule has 1 aliphatic rings. The topological polar surface area (TPSA) is 23.8 Å². The number of nitriles is 1. The maximum absolute atomic E-state index is 13.4. The summed E-state index contributed by atoms with van der Waals surface area (Å²) in [6, 6.07) is 15.5. The Hall–Kier alpha value is -2.14. The number of rotatable bonds is 2. The van der Waals surface area contributed by atoms with Crippen molar-refractivity contribution < 1.29 is 4.39 Å². The lowest BCUT2D eigenvalue weighted by atomic mass is 9.79. The summed E-state index contributed by atoms with van der Waals surface area (Å²) in [5.41, 5.74) is 4.07. The van der Waals surface area contributed by atoms with Gasteiger partial charge in [-0.25, -0.2) is 4.39 Å². The van der Waals surface area contributed by atoms with Crippen molar-refractivity contribution in [1.82, 2.24) is 0 Å². The van der Waals surface area contributed by atoms with Gasteiger partial charge in [0.05, 0.1) is 11.5 Å². The first-order valence-corrected chi connectivity index (χ1v) is 6.85. The largest absolute Gasteiger partial charge is 0.207 e. The Labute approximate surface area is 118 Å². The maximum atomic E-state index is 13.4. The highest BCUT2D eigenvalue weighted by Crippen LogP contribution is 2.39. The second-order valence-electron chi connectivity index (χ2n) is 5.76. The van der Waals surface area contributed by atoms with Gasteiger partial charge < -0.3 is 0 Å². The molecule has 3 rings (SSSR count). The fourth-order valence-corrected chi connectivity index (χ4v) is 3.13. The molecule has 0 saturated carbocycles. The molecule has 0 fully saturated rings. The van der Waals surface area contributed by atoms with Gasteiger partial charge in [-0.1, -0.05) is 30.3 Å². The average molecular weight is 265 g/mol. The maximum Gasteiger partial charge on any atom is 0.123 e. The molecule has 0 atom stereocenters. The van der Waals surface area contributed by atoms with Crippen LogP contribution in [-0.4, -0.2) is 0 Å². The summed E-state index contributed by atoms with van der Waals surface area (Å²) < 4.78 is 13.4. The Balaban J connectivity index is 1.94. The van der Waals surface area contributed by atoms with Crippen LogP contribution in [-0.2, 0) is 19.3 Å². The standard InChI is InChI=1S/C18H16FN/c1-13-6-7-17(19)8-16(13)11-18(12-20)9-14-4-2-3-5-15(14)10-18/h2-8H,9-11H2,1H3. The summed E-state index contributed by atoms with van der Waals surface area (Å²) in [7, 11) is 0. The SMILES string of the molecule is Cc1ccc(F)cc1CC1(C#N)Cc2ccccc2C1. The van der Waals surface area contributed by atoms with Crippen LogP contribution in [0.3, 0.4) is 0 Å². The lowest BCUT2D eigenvalue weighted by Crippen LogP contribution is -2.22. The molecular weight excluding hydrogens is 249 g/mol. The van der Waals surface area contributed by atoms with Crippen LogP contribution in [0.25, 0.3) is 0 Å². The van der Waals surface area contributed by atoms with Gasteiger partial charge in [0.25, 0.3) is 0 Å². The molecule has 0 aliphatic heterocycles. The molecule has 0 heterocycles. The number of aryl methyl sites for hydroxylation is 1. The molecule has 2 heteroatoms. The second-order valence-corrected chi connectivity index (χ2v) is 5.76. The van der Waals surface area contributed by atoms with Crippen LogP contribution in [0, 0.1) is 29.5 Å². The Morgan fingerprint density at radius 3 is 2.40 bits per heavy atom. The monoisotopic (exact) mass is 265 g/mol. The molecule has 2 aromatic rings. The van der Waals surface area contributed by atoms with Crippen molar-refractivity contribution in [3.05, 3.63) is 70.5 Å². The van der Waals surface area contributed by atoms with Crippen LogP contribution >= 0.6 is 0 Å². The Bertz CT molecular complexity index is 672. The van der Waals surface area contributed by atoms with Crippen molar-refractivity contribution in [1.29, 1.82) is 5.26 Å². The third-order valence-electron chi connectivity index (χ3n) is 4.25. The van der Waals surface area contributed by atoms with E-state index >= 15 is 0 Å². The molecule has 0 spiro atoms. The minimum atomic E-state index is -0.428. The van der Waals surface area contributed by atoms with Crippen LogP contribution in [0.1, 0.15) is 22.3 Å². The zero-order chi connectivity index (χ0) is 14.2. The number of benzene rings is 2. The summed E-state index contributed by atoms with van der Waals surface area (Å²) in [4.78, 5) is 0. The Morgan fingerprint density at radius 2 is 1.80 bits per heavy atom. The van der Waals surface area contributed by atoms with Crippen molar-refractivity contribution in [2.75, 3.05) is 0 Å². The summed E-state index contributed by atoms with van der Waals surface area (Å²) in [6.07, 6.45) is 2.13. The number of hydrogen-bond donors (Lipinski definition) is 0. The molecule has 1 aliphatic carbocycles. The molecule has 0 radical (unpaired) electrons. The molecule has 2 aromatic carbocycles. The third-order valence-corrected chi connectivity index (χ3v) is 4.25. The molecule has 0 bridgehead atoms. The lowest BCUT2D eigenvalue weighted by molar-refractivity contribution is 0.416. The van der Waals surface area contributed by atoms with Gasteiger partial charge in [0, 0.05) is 0 Å². The van der Waals surface area contributed by atoms with E-state index in [0.29, 0.717) is 6.42 Å². The van der Waals surface area contributed by atoms with E-state index in [1.165, 1.54) is 17.2 Å². The van der Waals surface area contributed by atoms with Gasteiger partial charge in [0.2, 0.25) is 0 Å². The molecule has 1 nitrogen and oxygen atoms in total. The summed E-state index contributed by atoms with van der Waals surface area (Å²) in [6.45, 7) is 1.97. The molecule has 0 aromatic heterocycles. The van der Waals surface area contributed by atoms with E-state index in [1.807, 2.05) is 19.1 Å². The number of nitrogens with zero attached hydrogens (tertiary/aromatic N) is 1. The quantitative estimate of drug-likeness (QED) is 0.805. The van der Waals surface area contributed by atoms with Gasteiger partial charge in [0.1, 0.15) is 5.82 Å². The molecular formula is C18H16FN. The van der Waals surface area contributed by atoms with Crippen LogP contribution in [0.2, 0.25) is 0 Å². The second kappa shape index (κ2) is 4.76. The average Bonchev–Trinajstić information content (AvgIpc) is 2.81. The van der Waals surface area contributed by atoms with Gasteiger partial charge in [-0.15, -0.1) is 0 Å². The van der Waals surface area contributed by atoms with E-state index in [2.05, 4.69) is 18.2 Å². The Morgan fingerprint density at radius 1 is 1.15 bits per heavy atom. The molecule has 0 unspecified atom stereocenters. The lowest BCUT2D eigenvalue weighted by Gasteiger charge is -2.21. The van der Waals surface area contributed by atoms with E-state index in [9.17, 15) is 9.65 Å². The van der Waals surface area contributed by atoms with Gasteiger partial charge in [-0.2, -0.15) is 5.26 Å². The zero-order valence-corrected chi connectivity index (χ0v) is 11.5. The smallest absolute Gasteiger partial charge is 0.123 e. The normalized spacial score (nSPS) is 15.7. The number of halogens is 1. The van der Waals surface area contributed by atoms with Gasteiger partial charge in [0.15, 0.2) is 0 Å². The number of hydrogen-bond acceptors (Lipinski definition) is 1. The van der Waals surface area contributed by atoms with E-state index < -0.39 is 5.41 Å². The first kappa shape index (κ1) is 12.9. The van der Waals surface area contributed by atoms with Crippen molar-refractivity contribution >= 4 is 0 Å². The van der Waals surface area contributed by atoms with Crippen molar-refractivity contribution in [3.8, 4) is 6.07 Å². The van der Waals surface area contributed by atoms with Crippen LogP contribution in [0.5, 0.6) is 0 Å². The predicted octanol–water partition coefficient (Wildman–Crippen LogP) is 3.99.